The Hall–Kier alpha value is -4.17. The van der Waals surface area contributed by atoms with Crippen LogP contribution in [0.4, 0.5) is 42.1 Å². The summed E-state index contributed by atoms with van der Waals surface area (Å²) in [5, 5.41) is 15.2. The normalized spacial score (nSPS) is 18.8. The van der Waals surface area contributed by atoms with Gasteiger partial charge in [0.2, 0.25) is 0 Å². The standard InChI is InChI=1S/C32H27F7N2O4S/c1-30(44)11-9-16(10-12-30)17-3-8-24(45-2)21(13-17)28(42)41-26-20-6-4-18(31(34,35)36)14-25(20)46-27(26)29(43)40-19-5-7-23(33)22(15-19)32(37,38)39/h3-8,13-16,44H,9-12H2,1-2H3,(H,40,43)(H,41,42). The van der Waals surface area contributed by atoms with Crippen molar-refractivity contribution in [2.45, 2.75) is 56.5 Å². The Bertz CT molecular complexity index is 1800. The van der Waals surface area contributed by atoms with Gasteiger partial charge in [-0.3, -0.25) is 9.59 Å². The predicted molar refractivity (Wildman–Crippen MR) is 159 cm³/mol. The first-order chi connectivity index (χ1) is 21.5. The Morgan fingerprint density at radius 2 is 1.61 bits per heavy atom. The molecule has 4 aromatic rings. The van der Waals surface area contributed by atoms with Crippen LogP contribution in [0.5, 0.6) is 5.75 Å². The van der Waals surface area contributed by atoms with Crippen molar-refractivity contribution in [1.29, 1.82) is 0 Å². The van der Waals surface area contributed by atoms with Crippen LogP contribution >= 0.6 is 11.3 Å². The molecule has 0 saturated heterocycles. The maximum Gasteiger partial charge on any atom is 0.419 e. The first-order valence-electron chi connectivity index (χ1n) is 14.0. The fourth-order valence-corrected chi connectivity index (χ4v) is 6.57. The molecule has 14 heteroatoms. The fourth-order valence-electron chi connectivity index (χ4n) is 5.48. The van der Waals surface area contributed by atoms with E-state index >= 15 is 0 Å². The van der Waals surface area contributed by atoms with E-state index < -0.39 is 52.4 Å². The monoisotopic (exact) mass is 668 g/mol. The second kappa shape index (κ2) is 12.2. The average molecular weight is 669 g/mol. The summed E-state index contributed by atoms with van der Waals surface area (Å²) in [6, 6.07) is 9.49. The molecule has 2 amide bonds. The van der Waals surface area contributed by atoms with Gasteiger partial charge in [0.05, 0.1) is 35.1 Å². The summed E-state index contributed by atoms with van der Waals surface area (Å²) in [6.07, 6.45) is -7.32. The molecule has 3 N–H and O–H groups in total. The van der Waals surface area contributed by atoms with Crippen molar-refractivity contribution in [2.75, 3.05) is 17.7 Å². The molecule has 0 radical (unpaired) electrons. The number of thiophene rings is 1. The highest BCUT2D eigenvalue weighted by molar-refractivity contribution is 7.21. The molecule has 1 fully saturated rings. The minimum absolute atomic E-state index is 0.0275. The number of methoxy groups -OCH3 is 1. The molecule has 0 spiro atoms. The van der Waals surface area contributed by atoms with Gasteiger partial charge in [-0.25, -0.2) is 4.39 Å². The highest BCUT2D eigenvalue weighted by Gasteiger charge is 2.35. The molecule has 0 bridgehead atoms. The van der Waals surface area contributed by atoms with Crippen molar-refractivity contribution >= 4 is 44.6 Å². The van der Waals surface area contributed by atoms with Crippen molar-refractivity contribution in [3.05, 3.63) is 87.5 Å². The Morgan fingerprint density at radius 3 is 2.24 bits per heavy atom. The summed E-state index contributed by atoms with van der Waals surface area (Å²) >= 11 is 0.589. The van der Waals surface area contributed by atoms with E-state index in [9.17, 15) is 45.4 Å². The molecule has 0 unspecified atom stereocenters. The smallest absolute Gasteiger partial charge is 0.419 e. The first kappa shape index (κ1) is 33.2. The molecule has 1 aliphatic rings. The Kier molecular flexibility index (Phi) is 8.81. The first-order valence-corrected chi connectivity index (χ1v) is 14.8. The molecule has 0 atom stereocenters. The minimum atomic E-state index is -5.06. The molecule has 244 valence electrons. The Balaban J connectivity index is 1.53. The number of amides is 2. The lowest BCUT2D eigenvalue weighted by Crippen LogP contribution is -2.29. The fraction of sp³-hybridized carbons (Fsp3) is 0.312. The van der Waals surface area contributed by atoms with Crippen molar-refractivity contribution in [1.82, 2.24) is 0 Å². The third kappa shape index (κ3) is 6.97. The number of ether oxygens (including phenoxy) is 1. The van der Waals surface area contributed by atoms with E-state index in [1.165, 1.54) is 7.11 Å². The van der Waals surface area contributed by atoms with Crippen LogP contribution in [-0.2, 0) is 12.4 Å². The number of carbonyl (C=O) groups excluding carboxylic acids is 2. The highest BCUT2D eigenvalue weighted by Crippen LogP contribution is 2.42. The van der Waals surface area contributed by atoms with Gasteiger partial charge in [-0.1, -0.05) is 12.1 Å². The van der Waals surface area contributed by atoms with Crippen molar-refractivity contribution in [3.63, 3.8) is 0 Å². The van der Waals surface area contributed by atoms with E-state index in [1.54, 1.807) is 25.1 Å². The summed E-state index contributed by atoms with van der Waals surface area (Å²) in [7, 11) is 1.35. The van der Waals surface area contributed by atoms with Gasteiger partial charge in [-0.05, 0) is 86.6 Å². The number of benzene rings is 3. The SMILES string of the molecule is COc1ccc(C2CCC(C)(O)CC2)cc1C(=O)Nc1c(C(=O)Nc2ccc(F)c(C(F)(F)F)c2)sc2cc(C(F)(F)F)ccc12. The maximum atomic E-state index is 13.8. The quantitative estimate of drug-likeness (QED) is 0.179. The van der Waals surface area contributed by atoms with Crippen LogP contribution in [0.25, 0.3) is 10.1 Å². The predicted octanol–water partition coefficient (Wildman–Crippen LogP) is 9.00. The molecule has 6 nitrogen and oxygen atoms in total. The van der Waals surface area contributed by atoms with Gasteiger partial charge in [-0.2, -0.15) is 26.3 Å². The second-order valence-electron chi connectivity index (χ2n) is 11.3. The van der Waals surface area contributed by atoms with Gasteiger partial charge in [0.1, 0.15) is 16.4 Å². The molecule has 3 aromatic carbocycles. The van der Waals surface area contributed by atoms with Gasteiger partial charge in [-0.15, -0.1) is 11.3 Å². The van der Waals surface area contributed by atoms with Gasteiger partial charge in [0.15, 0.2) is 0 Å². The number of aliphatic hydroxyl groups is 1. The van der Waals surface area contributed by atoms with E-state index in [-0.39, 0.29) is 37.9 Å². The van der Waals surface area contributed by atoms with Crippen LogP contribution in [0.1, 0.15) is 75.2 Å². The third-order valence-corrected chi connectivity index (χ3v) is 9.15. The van der Waals surface area contributed by atoms with Crippen molar-refractivity contribution in [3.8, 4) is 5.75 Å². The number of nitrogens with one attached hydrogen (secondary N) is 2. The van der Waals surface area contributed by atoms with Gasteiger partial charge < -0.3 is 20.5 Å². The van der Waals surface area contributed by atoms with E-state index in [1.807, 2.05) is 0 Å². The number of anilines is 2. The number of hydrogen-bond acceptors (Lipinski definition) is 5. The minimum Gasteiger partial charge on any atom is -0.496 e. The van der Waals surface area contributed by atoms with Gasteiger partial charge in [0, 0.05) is 15.8 Å². The summed E-state index contributed by atoms with van der Waals surface area (Å²) in [5.74, 6) is -3.13. The lowest BCUT2D eigenvalue weighted by atomic mass is 9.77. The summed E-state index contributed by atoms with van der Waals surface area (Å²) in [4.78, 5) is 26.8. The zero-order valence-corrected chi connectivity index (χ0v) is 25.1. The molecule has 1 saturated carbocycles. The number of carbonyl (C=O) groups is 2. The van der Waals surface area contributed by atoms with Crippen LogP contribution < -0.4 is 15.4 Å². The lowest BCUT2D eigenvalue weighted by molar-refractivity contribution is -0.140. The van der Waals surface area contributed by atoms with Gasteiger partial charge in [0.25, 0.3) is 11.8 Å². The van der Waals surface area contributed by atoms with Crippen LogP contribution in [0, 0.1) is 5.82 Å². The van der Waals surface area contributed by atoms with E-state index in [0.717, 1.165) is 29.8 Å². The second-order valence-corrected chi connectivity index (χ2v) is 12.4. The maximum absolute atomic E-state index is 13.8. The molecule has 1 heterocycles. The van der Waals surface area contributed by atoms with Crippen molar-refractivity contribution in [2.24, 2.45) is 0 Å². The molecule has 46 heavy (non-hydrogen) atoms. The third-order valence-electron chi connectivity index (χ3n) is 7.99. The Morgan fingerprint density at radius 1 is 0.913 bits per heavy atom. The lowest BCUT2D eigenvalue weighted by Gasteiger charge is -2.33. The largest absolute Gasteiger partial charge is 0.496 e. The summed E-state index contributed by atoms with van der Waals surface area (Å²) in [5.41, 5.74) is -3.14. The number of halogens is 7. The molecule has 0 aliphatic heterocycles. The molecular formula is C32H27F7N2O4S. The van der Waals surface area contributed by atoms with Crippen LogP contribution in [0.2, 0.25) is 0 Å². The summed E-state index contributed by atoms with van der Waals surface area (Å²) < 4.78 is 99.4. The number of fused-ring (bicyclic) bond motifs is 1. The van der Waals surface area contributed by atoms with E-state index in [0.29, 0.717) is 49.2 Å². The van der Waals surface area contributed by atoms with Crippen LogP contribution in [0.3, 0.4) is 0 Å². The van der Waals surface area contributed by atoms with E-state index in [4.69, 9.17) is 4.74 Å². The molecule has 1 aliphatic carbocycles. The molecular weight excluding hydrogens is 641 g/mol. The van der Waals surface area contributed by atoms with Gasteiger partial charge >= 0.3 is 12.4 Å². The highest BCUT2D eigenvalue weighted by atomic mass is 32.1. The molecule has 5 rings (SSSR count). The van der Waals surface area contributed by atoms with E-state index in [2.05, 4.69) is 10.6 Å². The zero-order valence-electron chi connectivity index (χ0n) is 24.3. The average Bonchev–Trinajstić information content (AvgIpc) is 3.34. The van der Waals surface area contributed by atoms with Crippen molar-refractivity contribution < 1.29 is 50.2 Å². The van der Waals surface area contributed by atoms with Crippen LogP contribution in [-0.4, -0.2) is 29.6 Å². The summed E-state index contributed by atoms with van der Waals surface area (Å²) in [6.45, 7) is 1.76. The van der Waals surface area contributed by atoms with Crippen LogP contribution in [0.15, 0.2) is 54.6 Å². The topological polar surface area (TPSA) is 87.7 Å². The number of rotatable bonds is 6. The zero-order chi connectivity index (χ0) is 33.6. The molecule has 1 aromatic heterocycles. The number of alkyl halides is 6. The Labute approximate surface area is 262 Å². The number of hydrogen-bond donors (Lipinski definition) is 3.